The second-order valence-electron chi connectivity index (χ2n) is 6.86. The molecule has 0 saturated carbocycles. The number of carboxylic acid groups (broad SMARTS) is 1. The molecule has 158 valence electrons. The van der Waals surface area contributed by atoms with Gasteiger partial charge in [0.1, 0.15) is 6.61 Å². The predicted molar refractivity (Wildman–Crippen MR) is 104 cm³/mol. The van der Waals surface area contributed by atoms with Crippen LogP contribution in [0.4, 0.5) is 0 Å². The highest BCUT2D eigenvalue weighted by atomic mass is 32.2. The van der Waals surface area contributed by atoms with Gasteiger partial charge >= 0.3 is 11.9 Å². The molecule has 1 atom stereocenters. The maximum Gasteiger partial charge on any atom is 0.330 e. The molecule has 0 aromatic rings. The van der Waals surface area contributed by atoms with Crippen molar-refractivity contribution in [3.05, 3.63) is 12.7 Å². The largest absolute Gasteiger partial charge is 0.481 e. The van der Waals surface area contributed by atoms with Crippen LogP contribution < -0.4 is 0 Å². The second kappa shape index (κ2) is 13.7. The van der Waals surface area contributed by atoms with E-state index in [1.54, 1.807) is 0 Å². The molecule has 8 heteroatoms. The molecule has 0 bridgehead atoms. The van der Waals surface area contributed by atoms with E-state index < -0.39 is 33.2 Å². The summed E-state index contributed by atoms with van der Waals surface area (Å²) in [6.07, 6.45) is 9.96. The molecule has 0 rings (SSSR count). The van der Waals surface area contributed by atoms with Gasteiger partial charge in [-0.05, 0) is 6.42 Å². The molecule has 1 unspecified atom stereocenters. The summed E-state index contributed by atoms with van der Waals surface area (Å²) >= 11 is 0. The summed E-state index contributed by atoms with van der Waals surface area (Å²) < 4.78 is 35.6. The number of carbonyl (C=O) groups is 2. The lowest BCUT2D eigenvalue weighted by Gasteiger charge is -2.26. The molecule has 0 spiro atoms. The first kappa shape index (κ1) is 25.6. The summed E-state index contributed by atoms with van der Waals surface area (Å²) in [4.78, 5) is 23.3. The third-order valence-electron chi connectivity index (χ3n) is 4.57. The van der Waals surface area contributed by atoms with Crippen molar-refractivity contribution < 1.29 is 32.4 Å². The zero-order valence-corrected chi connectivity index (χ0v) is 17.1. The molecule has 0 aliphatic heterocycles. The van der Waals surface area contributed by atoms with Gasteiger partial charge in [0.15, 0.2) is 0 Å². The van der Waals surface area contributed by atoms with Crippen LogP contribution in [0, 0.1) is 0 Å². The normalized spacial score (nSPS) is 13.7. The summed E-state index contributed by atoms with van der Waals surface area (Å²) in [5.41, 5.74) is 0. The molecule has 0 amide bonds. The van der Waals surface area contributed by atoms with Gasteiger partial charge in [-0.2, -0.15) is 8.42 Å². The zero-order valence-electron chi connectivity index (χ0n) is 16.3. The van der Waals surface area contributed by atoms with E-state index in [-0.39, 0.29) is 13.0 Å². The molecule has 0 fully saturated rings. The number of ether oxygens (including phenoxy) is 1. The minimum Gasteiger partial charge on any atom is -0.481 e. The van der Waals surface area contributed by atoms with Crippen molar-refractivity contribution in [1.82, 2.24) is 0 Å². The van der Waals surface area contributed by atoms with E-state index >= 15 is 0 Å². The lowest BCUT2D eigenvalue weighted by atomic mass is 9.96. The number of aliphatic carboxylic acids is 1. The molecule has 0 saturated heterocycles. The standard InChI is InChI=1S/C19H34O7S/c1-3-5-6-7-8-9-10-11-12-13-14-19(16-17(20)21,27(23,24)25)18(22)26-15-4-2/h4H,2-3,5-16H2,1H3,(H,20,21)(H,23,24,25). The molecular formula is C19H34O7S. The maximum atomic E-state index is 12.2. The fourth-order valence-corrected chi connectivity index (χ4v) is 3.97. The molecule has 0 heterocycles. The highest BCUT2D eigenvalue weighted by molar-refractivity contribution is 7.88. The first-order valence-electron chi connectivity index (χ1n) is 9.68. The quantitative estimate of drug-likeness (QED) is 0.161. The fraction of sp³-hybridized carbons (Fsp3) is 0.789. The Bertz CT molecular complexity index is 556. The van der Waals surface area contributed by atoms with Gasteiger partial charge in [-0.15, -0.1) is 0 Å². The second-order valence-corrected chi connectivity index (χ2v) is 8.59. The summed E-state index contributed by atoms with van der Waals surface area (Å²) in [5, 5.41) is 9.04. The molecule has 0 aliphatic carbocycles. The van der Waals surface area contributed by atoms with E-state index in [1.165, 1.54) is 38.2 Å². The van der Waals surface area contributed by atoms with Crippen LogP contribution >= 0.6 is 0 Å². The number of unbranched alkanes of at least 4 members (excludes halogenated alkanes) is 9. The van der Waals surface area contributed by atoms with Crippen LogP contribution in [0.2, 0.25) is 0 Å². The molecular weight excluding hydrogens is 372 g/mol. The molecule has 7 nitrogen and oxygen atoms in total. The van der Waals surface area contributed by atoms with Gasteiger partial charge in [0.25, 0.3) is 10.1 Å². The Morgan fingerprint density at radius 1 is 1.00 bits per heavy atom. The summed E-state index contributed by atoms with van der Waals surface area (Å²) in [7, 11) is -4.95. The number of carbonyl (C=O) groups excluding carboxylic acids is 1. The van der Waals surface area contributed by atoms with E-state index in [1.807, 2.05) is 0 Å². The monoisotopic (exact) mass is 406 g/mol. The lowest BCUT2D eigenvalue weighted by Crippen LogP contribution is -2.49. The number of hydrogen-bond acceptors (Lipinski definition) is 5. The maximum absolute atomic E-state index is 12.2. The Kier molecular flexibility index (Phi) is 13.0. The van der Waals surface area contributed by atoms with Crippen LogP contribution in [0.5, 0.6) is 0 Å². The first-order chi connectivity index (χ1) is 12.7. The Balaban J connectivity index is 4.62. The molecule has 0 aromatic heterocycles. The molecule has 0 radical (unpaired) electrons. The van der Waals surface area contributed by atoms with Gasteiger partial charge in [-0.1, -0.05) is 83.8 Å². The van der Waals surface area contributed by atoms with Crippen molar-refractivity contribution in [2.24, 2.45) is 0 Å². The average molecular weight is 407 g/mol. The van der Waals surface area contributed by atoms with Crippen molar-refractivity contribution in [2.75, 3.05) is 6.61 Å². The van der Waals surface area contributed by atoms with Crippen molar-refractivity contribution in [1.29, 1.82) is 0 Å². The van der Waals surface area contributed by atoms with Crippen LogP contribution in [0.15, 0.2) is 12.7 Å². The number of carboxylic acids is 1. The third kappa shape index (κ3) is 9.91. The topological polar surface area (TPSA) is 118 Å². The van der Waals surface area contributed by atoms with Gasteiger partial charge in [0.2, 0.25) is 4.75 Å². The number of esters is 1. The molecule has 2 N–H and O–H groups in total. The highest BCUT2D eigenvalue weighted by Gasteiger charge is 2.52. The SMILES string of the molecule is C=CCOC(=O)C(CCCCCCCCCCCC)(CC(=O)O)S(=O)(=O)O. The Labute approximate surface area is 162 Å². The van der Waals surface area contributed by atoms with Crippen molar-refractivity contribution in [3.8, 4) is 0 Å². The van der Waals surface area contributed by atoms with Gasteiger partial charge in [-0.25, -0.2) is 0 Å². The molecule has 0 aromatic carbocycles. The highest BCUT2D eigenvalue weighted by Crippen LogP contribution is 2.30. The van der Waals surface area contributed by atoms with Crippen LogP contribution in [-0.4, -0.2) is 41.4 Å². The van der Waals surface area contributed by atoms with Crippen LogP contribution in [-0.2, 0) is 24.4 Å². The number of rotatable bonds is 17. The molecule has 0 aliphatic rings. The van der Waals surface area contributed by atoms with E-state index in [0.717, 1.165) is 19.3 Å². The summed E-state index contributed by atoms with van der Waals surface area (Å²) in [6.45, 7) is 5.27. The molecule has 27 heavy (non-hydrogen) atoms. The van der Waals surface area contributed by atoms with Crippen LogP contribution in [0.3, 0.4) is 0 Å². The summed E-state index contributed by atoms with van der Waals surface area (Å²) in [5.74, 6) is -2.74. The Morgan fingerprint density at radius 2 is 1.48 bits per heavy atom. The fourth-order valence-electron chi connectivity index (χ4n) is 3.00. The van der Waals surface area contributed by atoms with Crippen LogP contribution in [0.25, 0.3) is 0 Å². The Morgan fingerprint density at radius 3 is 1.89 bits per heavy atom. The predicted octanol–water partition coefficient (Wildman–Crippen LogP) is 4.13. The lowest BCUT2D eigenvalue weighted by molar-refractivity contribution is -0.150. The third-order valence-corrected chi connectivity index (χ3v) is 6.07. The van der Waals surface area contributed by atoms with Crippen molar-refractivity contribution in [3.63, 3.8) is 0 Å². The van der Waals surface area contributed by atoms with E-state index in [0.29, 0.717) is 12.8 Å². The van der Waals surface area contributed by atoms with E-state index in [4.69, 9.17) is 9.84 Å². The smallest absolute Gasteiger partial charge is 0.330 e. The van der Waals surface area contributed by atoms with E-state index in [2.05, 4.69) is 13.5 Å². The van der Waals surface area contributed by atoms with Gasteiger partial charge in [0, 0.05) is 0 Å². The minimum atomic E-state index is -4.95. The van der Waals surface area contributed by atoms with Gasteiger partial charge in [0.05, 0.1) is 6.42 Å². The van der Waals surface area contributed by atoms with Crippen molar-refractivity contribution in [2.45, 2.75) is 88.7 Å². The van der Waals surface area contributed by atoms with Gasteiger partial charge < -0.3 is 9.84 Å². The Hall–Kier alpha value is -1.41. The number of hydrogen-bond donors (Lipinski definition) is 2. The summed E-state index contributed by atoms with van der Waals surface area (Å²) in [6, 6.07) is 0. The zero-order chi connectivity index (χ0) is 20.8. The minimum absolute atomic E-state index is 0.256. The first-order valence-corrected chi connectivity index (χ1v) is 11.1. The van der Waals surface area contributed by atoms with Crippen molar-refractivity contribution >= 4 is 22.1 Å². The average Bonchev–Trinajstić information content (AvgIpc) is 2.58. The van der Waals surface area contributed by atoms with Crippen LogP contribution in [0.1, 0.15) is 84.0 Å². The van der Waals surface area contributed by atoms with Gasteiger partial charge in [-0.3, -0.25) is 14.1 Å². The van der Waals surface area contributed by atoms with E-state index in [9.17, 15) is 22.6 Å².